The molecule has 3 aromatic carbocycles. The Labute approximate surface area is 297 Å². The van der Waals surface area contributed by atoms with Gasteiger partial charge in [0.1, 0.15) is 34.7 Å². The predicted octanol–water partition coefficient (Wildman–Crippen LogP) is 9.63. The lowest BCUT2D eigenvalue weighted by Crippen LogP contribution is -2.36. The average molecular weight is 679 g/mol. The Kier molecular flexibility index (Phi) is 13.4. The number of aromatic nitrogens is 1. The molecule has 2 heterocycles. The van der Waals surface area contributed by atoms with Gasteiger partial charge in [0.25, 0.3) is 0 Å². The van der Waals surface area contributed by atoms with E-state index in [1.807, 2.05) is 60.8 Å². The van der Waals surface area contributed by atoms with Gasteiger partial charge in [-0.2, -0.15) is 0 Å². The molecule has 266 valence electrons. The number of phenolic OH excluding ortho intramolecular Hbond substituents is 2. The smallest absolute Gasteiger partial charge is 0.184 e. The summed E-state index contributed by atoms with van der Waals surface area (Å²) in [6.07, 6.45) is 10.5. The molecule has 8 heteroatoms. The quantitative estimate of drug-likeness (QED) is 0.0917. The first-order valence-corrected chi connectivity index (χ1v) is 18.5. The van der Waals surface area contributed by atoms with Crippen LogP contribution in [-0.4, -0.2) is 39.7 Å². The van der Waals surface area contributed by atoms with Crippen LogP contribution in [-0.2, 0) is 6.54 Å². The highest BCUT2D eigenvalue weighted by Gasteiger charge is 2.26. The van der Waals surface area contributed by atoms with Crippen LogP contribution in [0.5, 0.6) is 23.0 Å². The highest BCUT2D eigenvalue weighted by atomic mass is 16.5. The lowest BCUT2D eigenvalue weighted by molar-refractivity contribution is 0.232. The van der Waals surface area contributed by atoms with Crippen molar-refractivity contribution in [3.05, 3.63) is 107 Å². The summed E-state index contributed by atoms with van der Waals surface area (Å²) in [6, 6.07) is 25.0. The van der Waals surface area contributed by atoms with Gasteiger partial charge in [0.05, 0.1) is 30.0 Å². The summed E-state index contributed by atoms with van der Waals surface area (Å²) in [7, 11) is 0. The first-order chi connectivity index (χ1) is 24.4. The first-order valence-electron chi connectivity index (χ1n) is 18.5. The first kappa shape index (κ1) is 36.6. The molecule has 0 amide bonds. The van der Waals surface area contributed by atoms with Gasteiger partial charge in [-0.15, -0.1) is 0 Å². The number of nitrogens with zero attached hydrogens (tertiary/aromatic N) is 3. The van der Waals surface area contributed by atoms with E-state index in [1.165, 1.54) is 25.7 Å². The van der Waals surface area contributed by atoms with E-state index in [0.717, 1.165) is 36.9 Å². The zero-order valence-corrected chi connectivity index (χ0v) is 30.1. The number of benzene rings is 3. The van der Waals surface area contributed by atoms with Gasteiger partial charge in [0.15, 0.2) is 6.17 Å². The number of unbranched alkanes of at least 4 members (excludes halogenated alkanes) is 2. The molecular formula is C42H54N4O4. The van der Waals surface area contributed by atoms with Crippen LogP contribution < -0.4 is 14.8 Å². The standard InChI is InChI=1S/C42H54N4O4/c1-5-9-15-30(7-3)28-49-33-20-22-35(38(47)25-33)40-43-41(36-23-21-34(26-39(36)48)50-29-31(8-4)16-10-6-2)45-42(44-40)37-19-14-24-46(37)27-32-17-12-11-13-18-32/h11-14,17-26,30-31,42,47-48H,5-10,15-16,27-29H2,1-4H3,(H,43,44,45). The van der Waals surface area contributed by atoms with E-state index in [0.29, 0.717) is 65.9 Å². The maximum absolute atomic E-state index is 11.3. The van der Waals surface area contributed by atoms with Crippen LogP contribution in [0.25, 0.3) is 0 Å². The topological polar surface area (TPSA) is 101 Å². The zero-order chi connectivity index (χ0) is 35.3. The second-order valence-electron chi connectivity index (χ2n) is 13.3. The van der Waals surface area contributed by atoms with Gasteiger partial charge in [-0.1, -0.05) is 96.6 Å². The second kappa shape index (κ2) is 18.3. The summed E-state index contributed by atoms with van der Waals surface area (Å²) in [5.74, 6) is 3.20. The second-order valence-corrected chi connectivity index (χ2v) is 13.3. The highest BCUT2D eigenvalue weighted by Crippen LogP contribution is 2.32. The monoisotopic (exact) mass is 678 g/mol. The lowest BCUT2D eigenvalue weighted by atomic mass is 10.0. The lowest BCUT2D eigenvalue weighted by Gasteiger charge is -2.24. The van der Waals surface area contributed by atoms with Crippen molar-refractivity contribution in [2.75, 3.05) is 13.2 Å². The average Bonchev–Trinajstić information content (AvgIpc) is 3.60. The van der Waals surface area contributed by atoms with Crippen LogP contribution >= 0.6 is 0 Å². The van der Waals surface area contributed by atoms with Crippen LogP contribution in [0.3, 0.4) is 0 Å². The van der Waals surface area contributed by atoms with Crippen molar-refractivity contribution >= 4 is 11.7 Å². The van der Waals surface area contributed by atoms with Gasteiger partial charge in [-0.25, -0.2) is 9.98 Å². The third-order valence-electron chi connectivity index (χ3n) is 9.57. The molecule has 1 aliphatic rings. The summed E-state index contributed by atoms with van der Waals surface area (Å²) < 4.78 is 14.4. The molecule has 1 aliphatic heterocycles. The van der Waals surface area contributed by atoms with Gasteiger partial charge in [0.2, 0.25) is 0 Å². The van der Waals surface area contributed by atoms with Gasteiger partial charge >= 0.3 is 0 Å². The number of aliphatic imine (C=N–C) groups is 2. The minimum Gasteiger partial charge on any atom is -0.507 e. The van der Waals surface area contributed by atoms with E-state index in [4.69, 9.17) is 19.5 Å². The number of hydrogen-bond donors (Lipinski definition) is 3. The molecule has 0 radical (unpaired) electrons. The molecule has 2 atom stereocenters. The molecule has 8 nitrogen and oxygen atoms in total. The summed E-state index contributed by atoms with van der Waals surface area (Å²) in [5.41, 5.74) is 3.09. The molecule has 0 spiro atoms. The van der Waals surface area contributed by atoms with Gasteiger partial charge in [-0.3, -0.25) is 0 Å². The SMILES string of the molecule is CCCCC(CC)COc1ccc(C2=NC(c3cccn3Cc3ccccc3)N=C(c3ccc(OCC(CC)CCCC)cc3O)N2)c(O)c1. The fraction of sp³-hybridized carbons (Fsp3) is 0.429. The number of hydrogen-bond acceptors (Lipinski definition) is 7. The number of phenols is 2. The fourth-order valence-electron chi connectivity index (χ4n) is 6.27. The number of aromatic hydroxyl groups is 2. The molecular weight excluding hydrogens is 624 g/mol. The molecule has 3 N–H and O–H groups in total. The highest BCUT2D eigenvalue weighted by molar-refractivity contribution is 6.17. The Balaban J connectivity index is 1.43. The third-order valence-corrected chi connectivity index (χ3v) is 9.57. The molecule has 0 bridgehead atoms. The Bertz CT molecular complexity index is 1630. The maximum Gasteiger partial charge on any atom is 0.184 e. The largest absolute Gasteiger partial charge is 0.507 e. The van der Waals surface area contributed by atoms with Gasteiger partial charge in [0, 0.05) is 24.9 Å². The summed E-state index contributed by atoms with van der Waals surface area (Å²) >= 11 is 0. The van der Waals surface area contributed by atoms with Crippen molar-refractivity contribution in [2.45, 2.75) is 91.8 Å². The molecule has 0 aliphatic carbocycles. The number of ether oxygens (including phenoxy) is 2. The van der Waals surface area contributed by atoms with Gasteiger partial charge in [-0.05, 0) is 66.6 Å². The van der Waals surface area contributed by atoms with Crippen LogP contribution in [0, 0.1) is 11.8 Å². The number of nitrogens with one attached hydrogen (secondary N) is 1. The van der Waals surface area contributed by atoms with E-state index in [9.17, 15) is 10.2 Å². The third kappa shape index (κ3) is 9.71. The Morgan fingerprint density at radius 1 is 0.700 bits per heavy atom. The molecule has 0 saturated carbocycles. The Morgan fingerprint density at radius 3 is 1.72 bits per heavy atom. The molecule has 0 fully saturated rings. The van der Waals surface area contributed by atoms with E-state index < -0.39 is 6.17 Å². The Hall–Kier alpha value is -4.72. The van der Waals surface area contributed by atoms with Crippen molar-refractivity contribution in [1.82, 2.24) is 9.88 Å². The van der Waals surface area contributed by atoms with E-state index in [1.54, 1.807) is 12.1 Å². The normalized spacial score (nSPS) is 15.5. The van der Waals surface area contributed by atoms with Crippen molar-refractivity contribution in [1.29, 1.82) is 0 Å². The molecule has 5 rings (SSSR count). The van der Waals surface area contributed by atoms with Gasteiger partial charge < -0.3 is 29.6 Å². The van der Waals surface area contributed by atoms with Crippen molar-refractivity contribution in [3.8, 4) is 23.0 Å². The van der Waals surface area contributed by atoms with Crippen molar-refractivity contribution in [2.24, 2.45) is 21.8 Å². The van der Waals surface area contributed by atoms with Crippen LogP contribution in [0.2, 0.25) is 0 Å². The summed E-state index contributed by atoms with van der Waals surface area (Å²) in [5, 5.41) is 25.9. The minimum atomic E-state index is -0.627. The van der Waals surface area contributed by atoms with Crippen LogP contribution in [0.15, 0.2) is 95.0 Å². The fourth-order valence-corrected chi connectivity index (χ4v) is 6.27. The summed E-state index contributed by atoms with van der Waals surface area (Å²) in [6.45, 7) is 10.7. The molecule has 50 heavy (non-hydrogen) atoms. The zero-order valence-electron chi connectivity index (χ0n) is 30.1. The van der Waals surface area contributed by atoms with E-state index in [2.05, 4.69) is 49.7 Å². The predicted molar refractivity (Wildman–Crippen MR) is 203 cm³/mol. The molecule has 0 saturated heterocycles. The van der Waals surface area contributed by atoms with Crippen molar-refractivity contribution in [3.63, 3.8) is 0 Å². The molecule has 4 aromatic rings. The van der Waals surface area contributed by atoms with Crippen molar-refractivity contribution < 1.29 is 19.7 Å². The maximum atomic E-state index is 11.3. The number of rotatable bonds is 19. The minimum absolute atomic E-state index is 0.0524. The Morgan fingerprint density at radius 2 is 1.24 bits per heavy atom. The van der Waals surface area contributed by atoms with Crippen LogP contribution in [0.4, 0.5) is 0 Å². The van der Waals surface area contributed by atoms with Crippen LogP contribution in [0.1, 0.15) is 108 Å². The molecule has 1 aromatic heterocycles. The van der Waals surface area contributed by atoms with E-state index in [-0.39, 0.29) is 11.5 Å². The summed E-state index contributed by atoms with van der Waals surface area (Å²) in [4.78, 5) is 10.0. The number of amidine groups is 2. The molecule has 2 unspecified atom stereocenters. The van der Waals surface area contributed by atoms with E-state index >= 15 is 0 Å².